The van der Waals surface area contributed by atoms with Crippen LogP contribution in [0.3, 0.4) is 0 Å². The standard InChI is InChI=1S/C22H30N6O4S/c1-14(15-5-7-18(8-6-15)33-32-31-25-2)28-17-10-20(22(28)30)26(12-17)13-19(24)21(29)27-9-3-4-16(27)11-23/h5-8,14,16-17,19-20,25H,3-4,9-10,12-13,24H2,1-2H3/t14-,16-,17+,19-,20+/m0/s1. The van der Waals surface area contributed by atoms with Crippen LogP contribution in [0.2, 0.25) is 0 Å². The Labute approximate surface area is 198 Å². The second-order valence-electron chi connectivity index (χ2n) is 8.71. The Hall–Kier alpha value is -2.20. The van der Waals surface area contributed by atoms with E-state index in [4.69, 9.17) is 10.1 Å². The predicted molar refractivity (Wildman–Crippen MR) is 121 cm³/mol. The number of hydrogen-bond donors (Lipinski definition) is 2. The first-order valence-electron chi connectivity index (χ1n) is 11.2. The number of nitrogens with one attached hydrogen (secondary N) is 1. The minimum absolute atomic E-state index is 0.0560. The van der Waals surface area contributed by atoms with Crippen molar-refractivity contribution in [1.82, 2.24) is 20.2 Å². The zero-order valence-corrected chi connectivity index (χ0v) is 19.7. The average Bonchev–Trinajstić information content (AvgIpc) is 3.53. The second kappa shape index (κ2) is 10.4. The minimum atomic E-state index is -0.726. The molecule has 0 radical (unpaired) electrons. The largest absolute Gasteiger partial charge is 0.330 e. The molecule has 0 aliphatic carbocycles. The Bertz CT molecular complexity index is 909. The van der Waals surface area contributed by atoms with Gasteiger partial charge >= 0.3 is 0 Å². The molecule has 0 unspecified atom stereocenters. The molecule has 2 amide bonds. The summed E-state index contributed by atoms with van der Waals surface area (Å²) in [4.78, 5) is 37.1. The molecule has 3 saturated heterocycles. The van der Waals surface area contributed by atoms with E-state index in [1.807, 2.05) is 41.0 Å². The van der Waals surface area contributed by atoms with Crippen molar-refractivity contribution in [3.8, 4) is 6.07 Å². The lowest BCUT2D eigenvalue weighted by atomic mass is 10.1. The third-order valence-electron chi connectivity index (χ3n) is 6.77. The summed E-state index contributed by atoms with van der Waals surface area (Å²) >= 11 is 1.10. The normalized spacial score (nSPS) is 26.6. The van der Waals surface area contributed by atoms with Gasteiger partial charge in [-0.25, -0.2) is 0 Å². The number of carbonyl (C=O) groups excluding carboxylic acids is 2. The van der Waals surface area contributed by atoms with Crippen LogP contribution in [0.25, 0.3) is 0 Å². The van der Waals surface area contributed by atoms with Gasteiger partial charge in [0.15, 0.2) is 0 Å². The third-order valence-corrected chi connectivity index (χ3v) is 7.38. The van der Waals surface area contributed by atoms with Gasteiger partial charge in [-0.3, -0.25) is 14.5 Å². The lowest BCUT2D eigenvalue weighted by Crippen LogP contribution is -2.56. The van der Waals surface area contributed by atoms with Gasteiger partial charge in [0.05, 0.1) is 36.2 Å². The summed E-state index contributed by atoms with van der Waals surface area (Å²) in [6.45, 7) is 3.65. The Balaban J connectivity index is 1.34. The van der Waals surface area contributed by atoms with Crippen molar-refractivity contribution in [3.05, 3.63) is 29.8 Å². The Morgan fingerprint density at radius 1 is 1.39 bits per heavy atom. The maximum Gasteiger partial charge on any atom is 0.241 e. The molecule has 11 heteroatoms. The molecular formula is C22H30N6O4S. The van der Waals surface area contributed by atoms with Crippen LogP contribution in [0.1, 0.15) is 37.8 Å². The van der Waals surface area contributed by atoms with Crippen LogP contribution >= 0.6 is 12.0 Å². The summed E-state index contributed by atoms with van der Waals surface area (Å²) in [6, 6.07) is 8.70. The molecule has 5 atom stereocenters. The molecule has 3 fully saturated rings. The third kappa shape index (κ3) is 4.87. The van der Waals surface area contributed by atoms with E-state index in [2.05, 4.69) is 16.5 Å². The van der Waals surface area contributed by atoms with Crippen molar-refractivity contribution in [1.29, 1.82) is 5.26 Å². The average molecular weight is 475 g/mol. The molecule has 10 nitrogen and oxygen atoms in total. The van der Waals surface area contributed by atoms with Gasteiger partial charge in [-0.05, 0) is 43.9 Å². The number of amides is 2. The Morgan fingerprint density at radius 2 is 2.15 bits per heavy atom. The molecular weight excluding hydrogens is 444 g/mol. The smallest absolute Gasteiger partial charge is 0.241 e. The summed E-state index contributed by atoms with van der Waals surface area (Å²) < 4.78 is 4.91. The van der Waals surface area contributed by atoms with Gasteiger partial charge in [-0.15, -0.1) is 9.32 Å². The highest BCUT2D eigenvalue weighted by Crippen LogP contribution is 2.38. The Morgan fingerprint density at radius 3 is 2.82 bits per heavy atom. The van der Waals surface area contributed by atoms with Crippen molar-refractivity contribution in [2.45, 2.75) is 61.3 Å². The number of rotatable bonds is 9. The van der Waals surface area contributed by atoms with Gasteiger partial charge in [0.1, 0.15) is 6.04 Å². The predicted octanol–water partition coefficient (Wildman–Crippen LogP) is 0.964. The van der Waals surface area contributed by atoms with Crippen LogP contribution in [-0.2, 0) is 18.9 Å². The number of piperazine rings is 1. The first kappa shape index (κ1) is 23.9. The molecule has 1 aromatic carbocycles. The number of benzene rings is 1. The van der Waals surface area contributed by atoms with E-state index >= 15 is 0 Å². The van der Waals surface area contributed by atoms with Crippen molar-refractivity contribution in [2.24, 2.45) is 5.73 Å². The number of nitrogens with two attached hydrogens (primary N) is 1. The fourth-order valence-electron chi connectivity index (χ4n) is 5.16. The van der Waals surface area contributed by atoms with Gasteiger partial charge in [0, 0.05) is 37.6 Å². The number of fused-ring (bicyclic) bond motifs is 2. The van der Waals surface area contributed by atoms with Gasteiger partial charge < -0.3 is 15.5 Å². The first-order chi connectivity index (χ1) is 15.9. The van der Waals surface area contributed by atoms with Crippen LogP contribution in [0.5, 0.6) is 0 Å². The molecule has 4 rings (SSSR count). The fourth-order valence-corrected chi connectivity index (χ4v) is 5.59. The number of carbonyl (C=O) groups is 2. The lowest BCUT2D eigenvalue weighted by molar-refractivity contribution is -0.237. The van der Waals surface area contributed by atoms with Gasteiger partial charge in [0.25, 0.3) is 0 Å². The molecule has 3 aliphatic rings. The van der Waals surface area contributed by atoms with Crippen molar-refractivity contribution in [3.63, 3.8) is 0 Å². The van der Waals surface area contributed by atoms with Gasteiger partial charge in [-0.2, -0.15) is 10.7 Å². The highest BCUT2D eigenvalue weighted by molar-refractivity contribution is 7.94. The molecule has 3 heterocycles. The van der Waals surface area contributed by atoms with E-state index in [1.165, 1.54) is 0 Å². The highest BCUT2D eigenvalue weighted by Gasteiger charge is 2.51. The number of nitriles is 1. The zero-order chi connectivity index (χ0) is 23.5. The van der Waals surface area contributed by atoms with Crippen LogP contribution in [0, 0.1) is 11.3 Å². The molecule has 178 valence electrons. The van der Waals surface area contributed by atoms with Crippen LogP contribution in [0.15, 0.2) is 29.2 Å². The van der Waals surface area contributed by atoms with E-state index in [-0.39, 0.29) is 36.0 Å². The van der Waals surface area contributed by atoms with Gasteiger partial charge in [-0.1, -0.05) is 12.1 Å². The van der Waals surface area contributed by atoms with Crippen molar-refractivity contribution in [2.75, 3.05) is 26.7 Å². The van der Waals surface area contributed by atoms with E-state index in [1.54, 1.807) is 11.9 Å². The lowest BCUT2D eigenvalue weighted by Gasteiger charge is -2.38. The van der Waals surface area contributed by atoms with E-state index < -0.39 is 6.04 Å². The zero-order valence-electron chi connectivity index (χ0n) is 18.8. The number of likely N-dealkylation sites (tertiary alicyclic amines) is 3. The summed E-state index contributed by atoms with van der Waals surface area (Å²) in [7, 11) is 1.61. The van der Waals surface area contributed by atoms with Gasteiger partial charge in [0.2, 0.25) is 11.8 Å². The summed E-state index contributed by atoms with van der Waals surface area (Å²) in [5.41, 5.74) is 9.70. The van der Waals surface area contributed by atoms with E-state index in [9.17, 15) is 14.9 Å². The summed E-state index contributed by atoms with van der Waals surface area (Å²) in [5, 5.41) is 9.25. The maximum atomic E-state index is 13.2. The molecule has 3 N–H and O–H groups in total. The number of hydrogen-bond acceptors (Lipinski definition) is 9. The molecule has 0 spiro atoms. The maximum absolute atomic E-state index is 13.2. The van der Waals surface area contributed by atoms with Crippen LogP contribution in [-0.4, -0.2) is 77.4 Å². The monoisotopic (exact) mass is 474 g/mol. The number of nitrogens with zero attached hydrogens (tertiary/aromatic N) is 4. The molecule has 0 aromatic heterocycles. The SMILES string of the molecule is CNOOSc1ccc([C@H](C)N2C(=O)[C@H]3C[C@@H]2CN3C[C@H](N)C(=O)N2CCC[C@H]2C#N)cc1. The highest BCUT2D eigenvalue weighted by atomic mass is 32.2. The van der Waals surface area contributed by atoms with Crippen LogP contribution in [0.4, 0.5) is 0 Å². The topological polar surface area (TPSA) is 124 Å². The quantitative estimate of drug-likeness (QED) is 0.233. The number of hydroxylamine groups is 1. The minimum Gasteiger partial charge on any atom is -0.330 e. The van der Waals surface area contributed by atoms with E-state index in [0.717, 1.165) is 35.3 Å². The molecule has 2 bridgehead atoms. The fraction of sp³-hybridized carbons (Fsp3) is 0.591. The second-order valence-corrected chi connectivity index (χ2v) is 9.49. The van der Waals surface area contributed by atoms with E-state index in [0.29, 0.717) is 26.1 Å². The van der Waals surface area contributed by atoms with Crippen LogP contribution < -0.4 is 11.2 Å². The first-order valence-corrected chi connectivity index (χ1v) is 12.0. The molecule has 3 aliphatic heterocycles. The van der Waals surface area contributed by atoms with Crippen molar-refractivity contribution >= 4 is 23.9 Å². The molecule has 1 aromatic rings. The molecule has 33 heavy (non-hydrogen) atoms. The Kier molecular flexibility index (Phi) is 7.53. The summed E-state index contributed by atoms with van der Waals surface area (Å²) in [6.07, 6.45) is 2.27. The van der Waals surface area contributed by atoms with Crippen molar-refractivity contribution < 1.29 is 18.9 Å². The molecule has 0 saturated carbocycles. The summed E-state index contributed by atoms with van der Waals surface area (Å²) in [5.74, 6) is -0.111.